The molecular formula is C20H19FN4O. The molecule has 0 aliphatic heterocycles. The lowest BCUT2D eigenvalue weighted by Gasteiger charge is -2.08. The van der Waals surface area contributed by atoms with E-state index in [1.54, 1.807) is 18.2 Å². The molecule has 0 bridgehead atoms. The van der Waals surface area contributed by atoms with Crippen molar-refractivity contribution < 1.29 is 9.18 Å². The maximum absolute atomic E-state index is 13.6. The van der Waals surface area contributed by atoms with E-state index >= 15 is 0 Å². The predicted octanol–water partition coefficient (Wildman–Crippen LogP) is 3.47. The van der Waals surface area contributed by atoms with Crippen LogP contribution in [0.5, 0.6) is 0 Å². The third-order valence-corrected chi connectivity index (χ3v) is 3.82. The van der Waals surface area contributed by atoms with Gasteiger partial charge in [0.15, 0.2) is 0 Å². The molecule has 0 aliphatic rings. The second kappa shape index (κ2) is 8.20. The number of hydrogen-bond donors (Lipinski definition) is 2. The molecule has 0 unspecified atom stereocenters. The molecule has 6 heteroatoms. The van der Waals surface area contributed by atoms with E-state index < -0.39 is 0 Å². The fraction of sp³-hybridized carbons (Fsp3) is 0.150. The van der Waals surface area contributed by atoms with Gasteiger partial charge in [-0.2, -0.15) is 0 Å². The minimum atomic E-state index is -0.380. The van der Waals surface area contributed by atoms with Crippen molar-refractivity contribution in [2.45, 2.75) is 20.0 Å². The van der Waals surface area contributed by atoms with E-state index in [-0.39, 0.29) is 24.0 Å². The number of amides is 1. The van der Waals surface area contributed by atoms with Crippen LogP contribution in [0.3, 0.4) is 0 Å². The standard InChI is InChI=1S/C20H19FN4O/c1-14-5-4-6-15(11-14)12-24-20-22-10-9-18(25-20)19(26)23-13-16-7-2-3-8-17(16)21/h2-11H,12-13H2,1H3,(H,23,26)(H,22,24,25). The Morgan fingerprint density at radius 3 is 2.73 bits per heavy atom. The first-order valence-corrected chi connectivity index (χ1v) is 8.26. The van der Waals surface area contributed by atoms with Crippen molar-refractivity contribution in [2.24, 2.45) is 0 Å². The number of nitrogens with one attached hydrogen (secondary N) is 2. The van der Waals surface area contributed by atoms with Crippen molar-refractivity contribution in [1.82, 2.24) is 15.3 Å². The van der Waals surface area contributed by atoms with E-state index in [0.717, 1.165) is 5.56 Å². The lowest BCUT2D eigenvalue weighted by molar-refractivity contribution is 0.0945. The first kappa shape index (κ1) is 17.5. The van der Waals surface area contributed by atoms with Gasteiger partial charge in [-0.05, 0) is 24.6 Å². The molecule has 132 valence electrons. The summed E-state index contributed by atoms with van der Waals surface area (Å²) in [6.07, 6.45) is 1.52. The van der Waals surface area contributed by atoms with Gasteiger partial charge < -0.3 is 10.6 Å². The number of carbonyl (C=O) groups excluding carboxylic acids is 1. The third kappa shape index (κ3) is 4.63. The number of aromatic nitrogens is 2. The number of anilines is 1. The molecule has 3 rings (SSSR count). The van der Waals surface area contributed by atoms with Gasteiger partial charge in [-0.3, -0.25) is 4.79 Å². The van der Waals surface area contributed by atoms with E-state index in [1.165, 1.54) is 23.9 Å². The molecule has 2 aromatic carbocycles. The fourth-order valence-electron chi connectivity index (χ4n) is 2.48. The van der Waals surface area contributed by atoms with Crippen LogP contribution in [0.1, 0.15) is 27.2 Å². The van der Waals surface area contributed by atoms with Crippen molar-refractivity contribution in [3.63, 3.8) is 0 Å². The molecule has 0 spiro atoms. The van der Waals surface area contributed by atoms with Gasteiger partial charge >= 0.3 is 0 Å². The third-order valence-electron chi connectivity index (χ3n) is 3.82. The van der Waals surface area contributed by atoms with Gasteiger partial charge in [0.05, 0.1) is 0 Å². The van der Waals surface area contributed by atoms with Crippen LogP contribution in [0.4, 0.5) is 10.3 Å². The maximum Gasteiger partial charge on any atom is 0.270 e. The van der Waals surface area contributed by atoms with Crippen LogP contribution < -0.4 is 10.6 Å². The molecule has 3 aromatic rings. The normalized spacial score (nSPS) is 10.4. The highest BCUT2D eigenvalue weighted by Crippen LogP contribution is 2.08. The summed E-state index contributed by atoms with van der Waals surface area (Å²) >= 11 is 0. The molecule has 26 heavy (non-hydrogen) atoms. The SMILES string of the molecule is Cc1cccc(CNc2nccc(C(=O)NCc3ccccc3F)n2)c1. The molecular weight excluding hydrogens is 331 g/mol. The van der Waals surface area contributed by atoms with Gasteiger partial charge in [0.25, 0.3) is 5.91 Å². The Hall–Kier alpha value is -3.28. The van der Waals surface area contributed by atoms with Gasteiger partial charge in [-0.25, -0.2) is 14.4 Å². The smallest absolute Gasteiger partial charge is 0.270 e. The largest absolute Gasteiger partial charge is 0.350 e. The number of rotatable bonds is 6. The number of halogens is 1. The summed E-state index contributed by atoms with van der Waals surface area (Å²) in [5, 5.41) is 5.77. The second-order valence-corrected chi connectivity index (χ2v) is 5.88. The topological polar surface area (TPSA) is 66.9 Å². The second-order valence-electron chi connectivity index (χ2n) is 5.88. The van der Waals surface area contributed by atoms with Crippen LogP contribution in [-0.4, -0.2) is 15.9 Å². The Morgan fingerprint density at radius 1 is 1.08 bits per heavy atom. The van der Waals surface area contributed by atoms with Crippen molar-refractivity contribution in [3.05, 3.63) is 89.0 Å². The molecule has 5 nitrogen and oxygen atoms in total. The quantitative estimate of drug-likeness (QED) is 0.714. The minimum absolute atomic E-state index is 0.0988. The highest BCUT2D eigenvalue weighted by atomic mass is 19.1. The Labute approximate surface area is 151 Å². The Morgan fingerprint density at radius 2 is 1.92 bits per heavy atom. The first-order valence-electron chi connectivity index (χ1n) is 8.26. The summed E-state index contributed by atoms with van der Waals surface area (Å²) in [6.45, 7) is 2.68. The van der Waals surface area contributed by atoms with E-state index in [0.29, 0.717) is 18.1 Å². The summed E-state index contributed by atoms with van der Waals surface area (Å²) in [4.78, 5) is 20.6. The average Bonchev–Trinajstić information content (AvgIpc) is 2.66. The van der Waals surface area contributed by atoms with Crippen LogP contribution in [0.2, 0.25) is 0 Å². The van der Waals surface area contributed by atoms with E-state index in [2.05, 4.69) is 26.7 Å². The van der Waals surface area contributed by atoms with Gasteiger partial charge in [0.2, 0.25) is 5.95 Å². The minimum Gasteiger partial charge on any atom is -0.350 e. The lowest BCUT2D eigenvalue weighted by Crippen LogP contribution is -2.24. The molecule has 0 saturated heterocycles. The van der Waals surface area contributed by atoms with E-state index in [4.69, 9.17) is 0 Å². The molecule has 1 heterocycles. The number of nitrogens with zero attached hydrogens (tertiary/aromatic N) is 2. The van der Waals surface area contributed by atoms with Crippen LogP contribution in [0.25, 0.3) is 0 Å². The Balaban J connectivity index is 1.61. The molecule has 0 radical (unpaired) electrons. The van der Waals surface area contributed by atoms with Crippen LogP contribution in [0.15, 0.2) is 60.8 Å². The summed E-state index contributed by atoms with van der Waals surface area (Å²) < 4.78 is 13.6. The lowest BCUT2D eigenvalue weighted by atomic mass is 10.1. The maximum atomic E-state index is 13.6. The average molecular weight is 350 g/mol. The highest BCUT2D eigenvalue weighted by Gasteiger charge is 2.10. The summed E-state index contributed by atoms with van der Waals surface area (Å²) in [7, 11) is 0. The summed E-state index contributed by atoms with van der Waals surface area (Å²) in [5.41, 5.74) is 2.92. The molecule has 1 amide bonds. The van der Waals surface area contributed by atoms with E-state index in [1.807, 2.05) is 25.1 Å². The number of benzene rings is 2. The Bertz CT molecular complexity index is 914. The molecule has 1 aromatic heterocycles. The molecule has 2 N–H and O–H groups in total. The number of carbonyl (C=O) groups is 1. The van der Waals surface area contributed by atoms with Gasteiger partial charge in [-0.15, -0.1) is 0 Å². The van der Waals surface area contributed by atoms with Gasteiger partial charge in [0, 0.05) is 24.8 Å². The van der Waals surface area contributed by atoms with Crippen LogP contribution >= 0.6 is 0 Å². The van der Waals surface area contributed by atoms with Gasteiger partial charge in [0.1, 0.15) is 11.5 Å². The monoisotopic (exact) mass is 350 g/mol. The number of hydrogen-bond acceptors (Lipinski definition) is 4. The first-order chi connectivity index (χ1) is 12.6. The van der Waals surface area contributed by atoms with E-state index in [9.17, 15) is 9.18 Å². The molecule has 0 aliphatic carbocycles. The van der Waals surface area contributed by atoms with Crippen molar-refractivity contribution in [3.8, 4) is 0 Å². The number of aryl methyl sites for hydroxylation is 1. The summed E-state index contributed by atoms with van der Waals surface area (Å²) in [5.74, 6) is -0.365. The highest BCUT2D eigenvalue weighted by molar-refractivity contribution is 5.92. The van der Waals surface area contributed by atoms with Gasteiger partial charge in [-0.1, -0.05) is 48.0 Å². The predicted molar refractivity (Wildman–Crippen MR) is 98.1 cm³/mol. The van der Waals surface area contributed by atoms with Crippen LogP contribution in [-0.2, 0) is 13.1 Å². The molecule has 0 atom stereocenters. The van der Waals surface area contributed by atoms with Crippen molar-refractivity contribution in [2.75, 3.05) is 5.32 Å². The molecule has 0 saturated carbocycles. The van der Waals surface area contributed by atoms with Crippen LogP contribution in [0, 0.1) is 12.7 Å². The molecule has 0 fully saturated rings. The Kier molecular flexibility index (Phi) is 5.53. The summed E-state index contributed by atoms with van der Waals surface area (Å²) in [6, 6.07) is 15.9. The van der Waals surface area contributed by atoms with Crippen molar-refractivity contribution in [1.29, 1.82) is 0 Å². The zero-order valence-corrected chi connectivity index (χ0v) is 14.4. The fourth-order valence-corrected chi connectivity index (χ4v) is 2.48. The zero-order valence-electron chi connectivity index (χ0n) is 14.4. The zero-order chi connectivity index (χ0) is 18.4. The van der Waals surface area contributed by atoms with Crippen molar-refractivity contribution >= 4 is 11.9 Å².